The van der Waals surface area contributed by atoms with Crippen molar-refractivity contribution in [2.24, 2.45) is 0 Å². The summed E-state index contributed by atoms with van der Waals surface area (Å²) in [5, 5.41) is 9.07. The van der Waals surface area contributed by atoms with Crippen LogP contribution in [0.4, 0.5) is 0 Å². The number of piperidine rings is 1. The van der Waals surface area contributed by atoms with Gasteiger partial charge < -0.3 is 4.90 Å². The van der Waals surface area contributed by atoms with Crippen LogP contribution in [0.2, 0.25) is 5.02 Å². The van der Waals surface area contributed by atoms with Gasteiger partial charge in [0.1, 0.15) is 4.90 Å². The molecule has 1 saturated heterocycles. The van der Waals surface area contributed by atoms with E-state index in [0.717, 1.165) is 12.8 Å². The maximum atomic E-state index is 12.7. The molecule has 1 fully saturated rings. The molecule has 0 N–H and O–H groups in total. The fourth-order valence-corrected chi connectivity index (χ4v) is 4.48. The summed E-state index contributed by atoms with van der Waals surface area (Å²) in [6.07, 6.45) is 1.59. The molecule has 1 aromatic rings. The molecule has 1 aliphatic heterocycles. The quantitative estimate of drug-likeness (QED) is 0.851. The first kappa shape index (κ1) is 16.2. The monoisotopic (exact) mass is 327 g/mol. The van der Waals surface area contributed by atoms with E-state index in [-0.39, 0.29) is 9.92 Å². The van der Waals surface area contributed by atoms with E-state index < -0.39 is 10.0 Å². The molecule has 114 valence electrons. The Morgan fingerprint density at radius 1 is 1.33 bits per heavy atom. The van der Waals surface area contributed by atoms with Gasteiger partial charge in [0, 0.05) is 19.1 Å². The van der Waals surface area contributed by atoms with Crippen LogP contribution in [-0.2, 0) is 10.0 Å². The largest absolute Gasteiger partial charge is 0.306 e. The highest BCUT2D eigenvalue weighted by Crippen LogP contribution is 2.28. The Hall–Kier alpha value is -1.13. The van der Waals surface area contributed by atoms with Crippen LogP contribution < -0.4 is 0 Å². The second-order valence-corrected chi connectivity index (χ2v) is 7.67. The van der Waals surface area contributed by atoms with E-state index in [4.69, 9.17) is 16.9 Å². The van der Waals surface area contributed by atoms with Gasteiger partial charge in [-0.05, 0) is 45.1 Å². The summed E-state index contributed by atoms with van der Waals surface area (Å²) >= 11 is 6.01. The zero-order valence-corrected chi connectivity index (χ0v) is 13.7. The molecule has 0 radical (unpaired) electrons. The minimum Gasteiger partial charge on any atom is -0.306 e. The molecule has 1 heterocycles. The highest BCUT2D eigenvalue weighted by Gasteiger charge is 2.31. The van der Waals surface area contributed by atoms with Gasteiger partial charge in [-0.2, -0.15) is 9.57 Å². The van der Waals surface area contributed by atoms with E-state index in [2.05, 4.69) is 4.90 Å². The average Bonchev–Trinajstić information content (AvgIpc) is 2.47. The molecule has 5 nitrogen and oxygen atoms in total. The molecule has 7 heteroatoms. The van der Waals surface area contributed by atoms with Crippen molar-refractivity contribution in [1.82, 2.24) is 9.21 Å². The average molecular weight is 328 g/mol. The van der Waals surface area contributed by atoms with Gasteiger partial charge in [-0.15, -0.1) is 0 Å². The van der Waals surface area contributed by atoms with Gasteiger partial charge in [-0.25, -0.2) is 8.42 Å². The summed E-state index contributed by atoms with van der Waals surface area (Å²) in [6, 6.07) is 6.66. The van der Waals surface area contributed by atoms with Crippen molar-refractivity contribution in [3.05, 3.63) is 28.8 Å². The van der Waals surface area contributed by atoms with Crippen molar-refractivity contribution in [1.29, 1.82) is 5.26 Å². The Bertz CT molecular complexity index is 659. The highest BCUT2D eigenvalue weighted by atomic mass is 35.5. The lowest BCUT2D eigenvalue weighted by Gasteiger charge is -2.34. The fraction of sp³-hybridized carbons (Fsp3) is 0.500. The lowest BCUT2D eigenvalue weighted by molar-refractivity contribution is 0.196. The van der Waals surface area contributed by atoms with Crippen LogP contribution in [0.15, 0.2) is 23.1 Å². The van der Waals surface area contributed by atoms with Crippen molar-refractivity contribution < 1.29 is 8.42 Å². The van der Waals surface area contributed by atoms with Gasteiger partial charge in [0.25, 0.3) is 0 Å². The van der Waals surface area contributed by atoms with Crippen molar-refractivity contribution in [2.45, 2.75) is 23.8 Å². The summed E-state index contributed by atoms with van der Waals surface area (Å²) in [5.41, 5.74) is 0.293. The van der Waals surface area contributed by atoms with Gasteiger partial charge in [0.05, 0.1) is 16.7 Å². The van der Waals surface area contributed by atoms with Crippen LogP contribution in [0.1, 0.15) is 18.4 Å². The molecule has 2 rings (SSSR count). The lowest BCUT2D eigenvalue weighted by Crippen LogP contribution is -2.44. The number of nitrogens with zero attached hydrogens (tertiary/aromatic N) is 3. The second-order valence-electron chi connectivity index (χ2n) is 5.36. The molecule has 0 spiro atoms. The first-order chi connectivity index (χ1) is 9.86. The normalized spacial score (nSPS) is 17.9. The maximum Gasteiger partial charge on any atom is 0.244 e. The van der Waals surface area contributed by atoms with Crippen LogP contribution in [0.5, 0.6) is 0 Å². The lowest BCUT2D eigenvalue weighted by atomic mass is 10.1. The molecule has 0 atom stereocenters. The summed E-state index contributed by atoms with van der Waals surface area (Å²) in [6.45, 7) is 0.941. The zero-order valence-electron chi connectivity index (χ0n) is 12.1. The molecule has 0 aliphatic carbocycles. The molecule has 1 aliphatic rings. The molecule has 1 aromatic carbocycles. The van der Waals surface area contributed by atoms with E-state index in [9.17, 15) is 8.42 Å². The maximum absolute atomic E-state index is 12.7. The zero-order chi connectivity index (χ0) is 15.6. The van der Waals surface area contributed by atoms with E-state index >= 15 is 0 Å². The fourth-order valence-electron chi connectivity index (χ4n) is 2.51. The standard InChI is InChI=1S/C14H18ClN3O2S/c1-17(2)12-5-7-18(8-6-12)21(19,20)14-9-11(10-16)3-4-13(14)15/h3-4,9,12H,5-8H2,1-2H3. The van der Waals surface area contributed by atoms with E-state index in [1.54, 1.807) is 0 Å². The predicted molar refractivity (Wildman–Crippen MR) is 81.6 cm³/mol. The van der Waals surface area contributed by atoms with Crippen LogP contribution in [0.25, 0.3) is 0 Å². The number of halogens is 1. The first-order valence-corrected chi connectivity index (χ1v) is 8.54. The SMILES string of the molecule is CN(C)C1CCN(S(=O)(=O)c2cc(C#N)ccc2Cl)CC1. The number of sulfonamides is 1. The van der Waals surface area contributed by atoms with E-state index in [1.807, 2.05) is 20.2 Å². The van der Waals surface area contributed by atoms with Crippen LogP contribution >= 0.6 is 11.6 Å². The number of rotatable bonds is 3. The summed E-state index contributed by atoms with van der Waals surface area (Å²) in [5.74, 6) is 0. The topological polar surface area (TPSA) is 64.4 Å². The predicted octanol–water partition coefficient (Wildman–Crippen LogP) is 1.93. The van der Waals surface area contributed by atoms with Crippen molar-refractivity contribution in [3.63, 3.8) is 0 Å². The number of nitriles is 1. The molecule has 0 unspecified atom stereocenters. The van der Waals surface area contributed by atoms with Gasteiger partial charge in [-0.3, -0.25) is 0 Å². The van der Waals surface area contributed by atoms with Crippen LogP contribution in [-0.4, -0.2) is 50.8 Å². The van der Waals surface area contributed by atoms with Crippen LogP contribution in [0, 0.1) is 11.3 Å². The van der Waals surface area contributed by atoms with Gasteiger partial charge in [-0.1, -0.05) is 11.6 Å². The molecular formula is C14H18ClN3O2S. The molecule has 0 bridgehead atoms. The van der Waals surface area contributed by atoms with E-state index in [0.29, 0.717) is 24.7 Å². The van der Waals surface area contributed by atoms with Crippen molar-refractivity contribution in [3.8, 4) is 6.07 Å². The highest BCUT2D eigenvalue weighted by molar-refractivity contribution is 7.89. The van der Waals surface area contributed by atoms with E-state index in [1.165, 1.54) is 22.5 Å². The summed E-state index contributed by atoms with van der Waals surface area (Å²) in [7, 11) is 0.361. The Morgan fingerprint density at radius 2 is 1.95 bits per heavy atom. The summed E-state index contributed by atoms with van der Waals surface area (Å²) in [4.78, 5) is 2.14. The van der Waals surface area contributed by atoms with Gasteiger partial charge in [0.15, 0.2) is 0 Å². The smallest absolute Gasteiger partial charge is 0.244 e. The molecule has 0 saturated carbocycles. The Kier molecular flexibility index (Phi) is 4.89. The second kappa shape index (κ2) is 6.32. The minimum absolute atomic E-state index is 0.0199. The third-order valence-electron chi connectivity index (χ3n) is 3.83. The number of hydrogen-bond donors (Lipinski definition) is 0. The van der Waals surface area contributed by atoms with Crippen LogP contribution in [0.3, 0.4) is 0 Å². The molecule has 21 heavy (non-hydrogen) atoms. The number of benzene rings is 1. The summed E-state index contributed by atoms with van der Waals surface area (Å²) < 4.78 is 26.8. The number of hydrogen-bond acceptors (Lipinski definition) is 4. The van der Waals surface area contributed by atoms with Crippen molar-refractivity contribution >= 4 is 21.6 Å². The first-order valence-electron chi connectivity index (χ1n) is 6.72. The Labute approximate surface area is 130 Å². The minimum atomic E-state index is -3.64. The third kappa shape index (κ3) is 3.38. The third-order valence-corrected chi connectivity index (χ3v) is 6.21. The molecule has 0 amide bonds. The molecular weight excluding hydrogens is 310 g/mol. The Morgan fingerprint density at radius 3 is 2.48 bits per heavy atom. The Balaban J connectivity index is 2.26. The molecule has 0 aromatic heterocycles. The van der Waals surface area contributed by atoms with Gasteiger partial charge >= 0.3 is 0 Å². The van der Waals surface area contributed by atoms with Gasteiger partial charge in [0.2, 0.25) is 10.0 Å². The van der Waals surface area contributed by atoms with Crippen molar-refractivity contribution in [2.75, 3.05) is 27.2 Å².